The Morgan fingerprint density at radius 2 is 1.83 bits per heavy atom. The number of rotatable bonds is 4. The van der Waals surface area contributed by atoms with Gasteiger partial charge in [0.15, 0.2) is 0 Å². The average Bonchev–Trinajstić information content (AvgIpc) is 2.75. The molecule has 0 saturated heterocycles. The van der Waals surface area contributed by atoms with Crippen LogP contribution in [0.25, 0.3) is 0 Å². The topological polar surface area (TPSA) is 12.0 Å². The highest BCUT2D eigenvalue weighted by Crippen LogP contribution is 2.23. The molecule has 2 aromatic rings. The van der Waals surface area contributed by atoms with E-state index in [1.54, 1.807) is 11.3 Å². The summed E-state index contributed by atoms with van der Waals surface area (Å²) in [7, 11) is 0. The molecule has 4 heteroatoms. The fraction of sp³-hybridized carbons (Fsp3) is 0.286. The summed E-state index contributed by atoms with van der Waals surface area (Å²) >= 11 is 1.69. The lowest BCUT2D eigenvalue weighted by atomic mass is 10.2. The zero-order chi connectivity index (χ0) is 13.1. The van der Waals surface area contributed by atoms with Crippen molar-refractivity contribution in [2.45, 2.75) is 26.4 Å². The molecule has 0 bridgehead atoms. The highest BCUT2D eigenvalue weighted by molar-refractivity contribution is 7.12. The van der Waals surface area contributed by atoms with Crippen molar-refractivity contribution in [1.82, 2.24) is 5.32 Å². The highest BCUT2D eigenvalue weighted by Gasteiger charge is 2.11. The van der Waals surface area contributed by atoms with Crippen molar-refractivity contribution >= 4 is 11.3 Å². The van der Waals surface area contributed by atoms with Crippen molar-refractivity contribution in [2.75, 3.05) is 0 Å². The van der Waals surface area contributed by atoms with Crippen molar-refractivity contribution < 1.29 is 8.78 Å². The Labute approximate surface area is 109 Å². The van der Waals surface area contributed by atoms with E-state index >= 15 is 0 Å². The summed E-state index contributed by atoms with van der Waals surface area (Å²) < 4.78 is 26.9. The van der Waals surface area contributed by atoms with Gasteiger partial charge in [-0.25, -0.2) is 8.78 Å². The lowest BCUT2D eigenvalue weighted by Crippen LogP contribution is -2.18. The zero-order valence-corrected chi connectivity index (χ0v) is 11.2. The van der Waals surface area contributed by atoms with Crippen molar-refractivity contribution in [3.05, 3.63) is 57.3 Å². The first-order chi connectivity index (χ1) is 8.58. The van der Waals surface area contributed by atoms with Gasteiger partial charge in [-0.1, -0.05) is 6.07 Å². The second-order valence-electron chi connectivity index (χ2n) is 4.25. The van der Waals surface area contributed by atoms with Gasteiger partial charge in [-0.15, -0.1) is 11.3 Å². The fourth-order valence-electron chi connectivity index (χ4n) is 1.74. The first-order valence-electron chi connectivity index (χ1n) is 5.80. The number of nitrogens with one attached hydrogen (secondary N) is 1. The molecule has 18 heavy (non-hydrogen) atoms. The van der Waals surface area contributed by atoms with Gasteiger partial charge in [-0.05, 0) is 38.1 Å². The number of aryl methyl sites for hydroxylation is 1. The Bertz CT molecular complexity index is 516. The zero-order valence-electron chi connectivity index (χ0n) is 10.3. The lowest BCUT2D eigenvalue weighted by molar-refractivity contribution is 0.512. The normalized spacial score (nSPS) is 12.7. The molecule has 0 saturated carbocycles. The van der Waals surface area contributed by atoms with Gasteiger partial charge >= 0.3 is 0 Å². The Morgan fingerprint density at radius 1 is 1.17 bits per heavy atom. The van der Waals surface area contributed by atoms with E-state index in [2.05, 4.69) is 5.32 Å². The third-order valence-electron chi connectivity index (χ3n) is 2.83. The van der Waals surface area contributed by atoms with Gasteiger partial charge in [-0.3, -0.25) is 0 Å². The highest BCUT2D eigenvalue weighted by atomic mass is 32.1. The Morgan fingerprint density at radius 3 is 2.39 bits per heavy atom. The summed E-state index contributed by atoms with van der Waals surface area (Å²) in [6, 6.07) is 8.10. The van der Waals surface area contributed by atoms with Crippen molar-refractivity contribution in [3.8, 4) is 0 Å². The first-order valence-corrected chi connectivity index (χ1v) is 6.62. The third-order valence-corrected chi connectivity index (χ3v) is 4.02. The number of hydrogen-bond donors (Lipinski definition) is 1. The summed E-state index contributed by atoms with van der Waals surface area (Å²) in [5, 5.41) is 3.14. The van der Waals surface area contributed by atoms with Gasteiger partial charge in [0.05, 0.1) is 0 Å². The minimum absolute atomic E-state index is 0.0858. The maximum Gasteiger partial charge on any atom is 0.130 e. The quantitative estimate of drug-likeness (QED) is 0.876. The monoisotopic (exact) mass is 267 g/mol. The van der Waals surface area contributed by atoms with Crippen LogP contribution in [0.5, 0.6) is 0 Å². The molecule has 1 N–H and O–H groups in total. The van der Waals surface area contributed by atoms with E-state index in [-0.39, 0.29) is 18.2 Å². The van der Waals surface area contributed by atoms with E-state index in [0.717, 1.165) is 0 Å². The summed E-state index contributed by atoms with van der Waals surface area (Å²) in [5.74, 6) is -1.01. The predicted molar refractivity (Wildman–Crippen MR) is 70.7 cm³/mol. The van der Waals surface area contributed by atoms with Crippen molar-refractivity contribution in [3.63, 3.8) is 0 Å². The van der Waals surface area contributed by atoms with Crippen LogP contribution in [-0.4, -0.2) is 0 Å². The van der Waals surface area contributed by atoms with Gasteiger partial charge < -0.3 is 5.32 Å². The van der Waals surface area contributed by atoms with Gasteiger partial charge in [0.2, 0.25) is 0 Å². The summed E-state index contributed by atoms with van der Waals surface area (Å²) in [6.45, 7) is 4.22. The van der Waals surface area contributed by atoms with E-state index in [9.17, 15) is 8.78 Å². The molecule has 1 unspecified atom stereocenters. The second-order valence-corrected chi connectivity index (χ2v) is 5.57. The number of thiophene rings is 1. The predicted octanol–water partition coefficient (Wildman–Crippen LogP) is 4.19. The van der Waals surface area contributed by atoms with Crippen LogP contribution in [0.1, 0.15) is 28.3 Å². The average molecular weight is 267 g/mol. The van der Waals surface area contributed by atoms with Crippen LogP contribution >= 0.6 is 11.3 Å². The fourth-order valence-corrected chi connectivity index (χ4v) is 2.65. The van der Waals surface area contributed by atoms with E-state index < -0.39 is 11.6 Å². The van der Waals surface area contributed by atoms with Gasteiger partial charge in [-0.2, -0.15) is 0 Å². The largest absolute Gasteiger partial charge is 0.305 e. The van der Waals surface area contributed by atoms with E-state index in [4.69, 9.17) is 0 Å². The van der Waals surface area contributed by atoms with Gasteiger partial charge in [0, 0.05) is 27.9 Å². The minimum Gasteiger partial charge on any atom is -0.305 e. The molecule has 0 radical (unpaired) electrons. The van der Waals surface area contributed by atoms with Crippen LogP contribution in [-0.2, 0) is 6.54 Å². The molecule has 1 aromatic carbocycles. The molecule has 2 rings (SSSR count). The van der Waals surface area contributed by atoms with Crippen molar-refractivity contribution in [2.24, 2.45) is 0 Å². The molecule has 0 aliphatic heterocycles. The SMILES string of the molecule is Cc1ccc(C(C)NCc2c(F)cccc2F)s1. The molecular weight excluding hydrogens is 252 g/mol. The van der Waals surface area contributed by atoms with Crippen LogP contribution in [0.3, 0.4) is 0 Å². The second kappa shape index (κ2) is 5.59. The van der Waals surface area contributed by atoms with Crippen LogP contribution in [0.4, 0.5) is 8.78 Å². The van der Waals surface area contributed by atoms with Gasteiger partial charge in [0.1, 0.15) is 11.6 Å². The molecule has 1 atom stereocenters. The summed E-state index contributed by atoms with van der Waals surface area (Å²) in [5.41, 5.74) is 0.0950. The smallest absolute Gasteiger partial charge is 0.130 e. The number of benzene rings is 1. The molecular formula is C14H15F2NS. The minimum atomic E-state index is -0.503. The molecule has 0 fully saturated rings. The Balaban J connectivity index is 2.03. The first kappa shape index (κ1) is 13.2. The maximum absolute atomic E-state index is 13.4. The molecule has 0 aliphatic carbocycles. The third kappa shape index (κ3) is 2.94. The lowest BCUT2D eigenvalue weighted by Gasteiger charge is -2.13. The van der Waals surface area contributed by atoms with Crippen LogP contribution in [0, 0.1) is 18.6 Å². The molecule has 96 valence electrons. The van der Waals surface area contributed by atoms with E-state index in [1.165, 1.54) is 28.0 Å². The number of halogens is 2. The standard InChI is InChI=1S/C14H15F2NS/c1-9-6-7-14(18-9)10(2)17-8-11-12(15)4-3-5-13(11)16/h3-7,10,17H,8H2,1-2H3. The van der Waals surface area contributed by atoms with Gasteiger partial charge in [0.25, 0.3) is 0 Å². The van der Waals surface area contributed by atoms with Crippen molar-refractivity contribution in [1.29, 1.82) is 0 Å². The molecule has 1 nitrogen and oxygen atoms in total. The van der Waals surface area contributed by atoms with E-state index in [1.807, 2.05) is 26.0 Å². The molecule has 0 amide bonds. The van der Waals surface area contributed by atoms with Crippen LogP contribution in [0.15, 0.2) is 30.3 Å². The molecule has 1 heterocycles. The molecule has 0 aliphatic rings. The number of hydrogen-bond acceptors (Lipinski definition) is 2. The Hall–Kier alpha value is -1.26. The summed E-state index contributed by atoms with van der Waals surface area (Å²) in [4.78, 5) is 2.40. The molecule has 1 aromatic heterocycles. The van der Waals surface area contributed by atoms with Crippen LogP contribution in [0.2, 0.25) is 0 Å². The maximum atomic E-state index is 13.4. The van der Waals surface area contributed by atoms with Crippen LogP contribution < -0.4 is 5.32 Å². The summed E-state index contributed by atoms with van der Waals surface area (Å²) in [6.07, 6.45) is 0. The molecule has 0 spiro atoms. The van der Waals surface area contributed by atoms with E-state index in [0.29, 0.717) is 0 Å². The Kier molecular flexibility index (Phi) is 4.09.